The molecule has 0 aliphatic heterocycles. The van der Waals surface area contributed by atoms with E-state index in [1.54, 1.807) is 13.3 Å². The minimum Gasteiger partial charge on any atom is -0.495 e. The van der Waals surface area contributed by atoms with E-state index in [0.29, 0.717) is 5.92 Å². The second-order valence-corrected chi connectivity index (χ2v) is 3.81. The van der Waals surface area contributed by atoms with Crippen molar-refractivity contribution in [3.63, 3.8) is 0 Å². The van der Waals surface area contributed by atoms with Crippen molar-refractivity contribution in [1.29, 1.82) is 0 Å². The lowest BCUT2D eigenvalue weighted by molar-refractivity contribution is 0.321. The van der Waals surface area contributed by atoms with Crippen LogP contribution in [0.4, 0.5) is 0 Å². The minimum absolute atomic E-state index is 0.0474. The van der Waals surface area contributed by atoms with Gasteiger partial charge in [-0.3, -0.25) is 16.3 Å². The van der Waals surface area contributed by atoms with Crippen LogP contribution in [-0.2, 0) is 0 Å². The van der Waals surface area contributed by atoms with E-state index in [2.05, 4.69) is 24.3 Å². The number of nitrogens with one attached hydrogen (secondary N) is 1. The molecule has 0 aliphatic rings. The fourth-order valence-electron chi connectivity index (χ4n) is 2.01. The Hall–Kier alpha value is -1.13. The van der Waals surface area contributed by atoms with Gasteiger partial charge in [0.25, 0.3) is 0 Å². The van der Waals surface area contributed by atoms with Crippen molar-refractivity contribution in [3.05, 3.63) is 24.0 Å². The number of nitrogens with two attached hydrogens (primary N) is 1. The summed E-state index contributed by atoms with van der Waals surface area (Å²) in [6, 6.07) is 3.82. The smallest absolute Gasteiger partial charge is 0.142 e. The lowest BCUT2D eigenvalue weighted by Gasteiger charge is -2.25. The molecule has 1 atom stereocenters. The summed E-state index contributed by atoms with van der Waals surface area (Å²) in [6.07, 6.45) is 3.89. The van der Waals surface area contributed by atoms with Gasteiger partial charge in [-0.15, -0.1) is 0 Å². The van der Waals surface area contributed by atoms with Crippen LogP contribution in [0.3, 0.4) is 0 Å². The zero-order valence-corrected chi connectivity index (χ0v) is 10.2. The molecule has 16 heavy (non-hydrogen) atoms. The number of pyridine rings is 1. The van der Waals surface area contributed by atoms with Crippen LogP contribution in [0.15, 0.2) is 18.3 Å². The molecule has 0 amide bonds. The van der Waals surface area contributed by atoms with Gasteiger partial charge in [-0.1, -0.05) is 26.7 Å². The number of hydrogen-bond donors (Lipinski definition) is 2. The molecule has 1 heterocycles. The number of rotatable bonds is 6. The predicted octanol–water partition coefficient (Wildman–Crippen LogP) is 2.03. The highest BCUT2D eigenvalue weighted by Gasteiger charge is 2.23. The van der Waals surface area contributed by atoms with E-state index >= 15 is 0 Å². The summed E-state index contributed by atoms with van der Waals surface area (Å²) >= 11 is 0. The lowest BCUT2D eigenvalue weighted by atomic mass is 9.91. The maximum absolute atomic E-state index is 5.63. The molecule has 1 aromatic heterocycles. The lowest BCUT2D eigenvalue weighted by Crippen LogP contribution is -2.34. The molecule has 0 aliphatic carbocycles. The van der Waals surface area contributed by atoms with E-state index < -0.39 is 0 Å². The van der Waals surface area contributed by atoms with Crippen molar-refractivity contribution in [1.82, 2.24) is 10.4 Å². The number of aromatic nitrogens is 1. The van der Waals surface area contributed by atoms with Crippen LogP contribution in [0.1, 0.15) is 38.4 Å². The molecular weight excluding hydrogens is 202 g/mol. The maximum atomic E-state index is 5.63. The fourth-order valence-corrected chi connectivity index (χ4v) is 2.01. The van der Waals surface area contributed by atoms with Crippen LogP contribution in [0.5, 0.6) is 5.75 Å². The quantitative estimate of drug-likeness (QED) is 0.572. The average molecular weight is 223 g/mol. The number of methoxy groups -OCH3 is 1. The van der Waals surface area contributed by atoms with Crippen molar-refractivity contribution in [3.8, 4) is 5.75 Å². The first-order chi connectivity index (χ1) is 7.78. The van der Waals surface area contributed by atoms with E-state index in [9.17, 15) is 0 Å². The summed E-state index contributed by atoms with van der Waals surface area (Å²) in [6.45, 7) is 4.32. The number of ether oxygens (including phenoxy) is 1. The van der Waals surface area contributed by atoms with Crippen LogP contribution in [0.25, 0.3) is 0 Å². The van der Waals surface area contributed by atoms with Gasteiger partial charge in [-0.2, -0.15) is 0 Å². The SMILES string of the molecule is CCC(CC)C(NN)c1ncccc1OC. The van der Waals surface area contributed by atoms with Gasteiger partial charge in [0.05, 0.1) is 13.2 Å². The Kier molecular flexibility index (Phi) is 5.22. The Bertz CT molecular complexity index is 313. The first kappa shape index (κ1) is 12.9. The third-order valence-electron chi connectivity index (χ3n) is 3.01. The van der Waals surface area contributed by atoms with Gasteiger partial charge in [-0.05, 0) is 18.1 Å². The molecule has 0 radical (unpaired) electrons. The van der Waals surface area contributed by atoms with Crippen molar-refractivity contribution in [2.45, 2.75) is 32.7 Å². The van der Waals surface area contributed by atoms with Crippen LogP contribution in [0, 0.1) is 5.92 Å². The van der Waals surface area contributed by atoms with E-state index in [-0.39, 0.29) is 6.04 Å². The van der Waals surface area contributed by atoms with Gasteiger partial charge in [-0.25, -0.2) is 0 Å². The monoisotopic (exact) mass is 223 g/mol. The van der Waals surface area contributed by atoms with Crippen molar-refractivity contribution < 1.29 is 4.74 Å². The summed E-state index contributed by atoms with van der Waals surface area (Å²) in [4.78, 5) is 4.37. The molecule has 4 heteroatoms. The Morgan fingerprint density at radius 2 is 2.12 bits per heavy atom. The summed E-state index contributed by atoms with van der Waals surface area (Å²) in [5.41, 5.74) is 3.74. The molecule has 1 aromatic rings. The molecule has 0 saturated carbocycles. The fraction of sp³-hybridized carbons (Fsp3) is 0.583. The van der Waals surface area contributed by atoms with Gasteiger partial charge < -0.3 is 4.74 Å². The normalized spacial score (nSPS) is 12.8. The van der Waals surface area contributed by atoms with Gasteiger partial charge in [0.1, 0.15) is 11.4 Å². The van der Waals surface area contributed by atoms with Crippen LogP contribution in [0.2, 0.25) is 0 Å². The molecule has 0 saturated heterocycles. The van der Waals surface area contributed by atoms with Crippen LogP contribution < -0.4 is 16.0 Å². The summed E-state index contributed by atoms with van der Waals surface area (Å²) in [5, 5.41) is 0. The first-order valence-corrected chi connectivity index (χ1v) is 5.73. The van der Waals surface area contributed by atoms with Gasteiger partial charge >= 0.3 is 0 Å². The summed E-state index contributed by atoms with van der Waals surface area (Å²) < 4.78 is 5.31. The largest absolute Gasteiger partial charge is 0.495 e. The van der Waals surface area contributed by atoms with E-state index in [4.69, 9.17) is 10.6 Å². The Morgan fingerprint density at radius 1 is 1.44 bits per heavy atom. The third kappa shape index (κ3) is 2.71. The highest BCUT2D eigenvalue weighted by Crippen LogP contribution is 2.30. The molecule has 1 unspecified atom stereocenters. The zero-order chi connectivity index (χ0) is 12.0. The highest BCUT2D eigenvalue weighted by molar-refractivity contribution is 5.29. The Balaban J connectivity index is 3.02. The molecule has 4 nitrogen and oxygen atoms in total. The minimum atomic E-state index is 0.0474. The highest BCUT2D eigenvalue weighted by atomic mass is 16.5. The first-order valence-electron chi connectivity index (χ1n) is 5.73. The zero-order valence-electron chi connectivity index (χ0n) is 10.2. The van der Waals surface area contributed by atoms with Crippen LogP contribution >= 0.6 is 0 Å². The number of hydrazine groups is 1. The van der Waals surface area contributed by atoms with Crippen LogP contribution in [-0.4, -0.2) is 12.1 Å². The van der Waals surface area contributed by atoms with Gasteiger partial charge in [0.2, 0.25) is 0 Å². The van der Waals surface area contributed by atoms with E-state index in [1.807, 2.05) is 12.1 Å². The second-order valence-electron chi connectivity index (χ2n) is 3.81. The van der Waals surface area contributed by atoms with E-state index in [0.717, 1.165) is 24.3 Å². The van der Waals surface area contributed by atoms with Crippen molar-refractivity contribution in [2.75, 3.05) is 7.11 Å². The maximum Gasteiger partial charge on any atom is 0.142 e. The molecule has 0 spiro atoms. The second kappa shape index (κ2) is 6.45. The molecule has 90 valence electrons. The van der Waals surface area contributed by atoms with Gasteiger partial charge in [0.15, 0.2) is 0 Å². The summed E-state index contributed by atoms with van der Waals surface area (Å²) in [7, 11) is 1.65. The molecule has 0 fully saturated rings. The molecule has 0 aromatic carbocycles. The van der Waals surface area contributed by atoms with Crippen molar-refractivity contribution >= 4 is 0 Å². The predicted molar refractivity (Wildman–Crippen MR) is 64.9 cm³/mol. The average Bonchev–Trinajstić information content (AvgIpc) is 2.35. The summed E-state index contributed by atoms with van der Waals surface area (Å²) in [5.74, 6) is 6.89. The Morgan fingerprint density at radius 3 is 2.62 bits per heavy atom. The number of hydrogen-bond acceptors (Lipinski definition) is 4. The Labute approximate surface area is 97.2 Å². The molecule has 1 rings (SSSR count). The van der Waals surface area contributed by atoms with E-state index in [1.165, 1.54) is 0 Å². The molecular formula is C12H21N3O. The molecule has 3 N–H and O–H groups in total. The number of nitrogens with zero attached hydrogens (tertiary/aromatic N) is 1. The third-order valence-corrected chi connectivity index (χ3v) is 3.01. The standard InChI is InChI=1S/C12H21N3O/c1-4-9(5-2)11(15-13)12-10(16-3)7-6-8-14-12/h6-9,11,15H,4-5,13H2,1-3H3. The molecule has 0 bridgehead atoms. The van der Waals surface area contributed by atoms with Crippen molar-refractivity contribution in [2.24, 2.45) is 11.8 Å². The topological polar surface area (TPSA) is 60.2 Å². The van der Waals surface area contributed by atoms with Gasteiger partial charge in [0, 0.05) is 6.20 Å².